The van der Waals surface area contributed by atoms with E-state index in [9.17, 15) is 9.59 Å². The molecule has 2 heterocycles. The van der Waals surface area contributed by atoms with Gasteiger partial charge in [-0.2, -0.15) is 0 Å². The van der Waals surface area contributed by atoms with Gasteiger partial charge in [-0.25, -0.2) is 0 Å². The van der Waals surface area contributed by atoms with Gasteiger partial charge in [-0.1, -0.05) is 0 Å². The Morgan fingerprint density at radius 2 is 2.25 bits per heavy atom. The number of rotatable bonds is 4. The van der Waals surface area contributed by atoms with Crippen LogP contribution < -0.4 is 5.43 Å². The number of nitrogens with one attached hydrogen (secondary N) is 1. The lowest BCUT2D eigenvalue weighted by molar-refractivity contribution is 0.0562. The number of aromatic amines is 1. The number of amides is 1. The van der Waals surface area contributed by atoms with Gasteiger partial charge in [0.05, 0.1) is 12.6 Å². The van der Waals surface area contributed by atoms with Crippen molar-refractivity contribution >= 4 is 5.91 Å². The summed E-state index contributed by atoms with van der Waals surface area (Å²) < 4.78 is 5.43. The summed E-state index contributed by atoms with van der Waals surface area (Å²) >= 11 is 0. The zero-order chi connectivity index (χ0) is 14.7. The predicted octanol–water partition coefficient (Wildman–Crippen LogP) is 1.63. The number of hydrogen-bond acceptors (Lipinski definition) is 3. The molecule has 110 valence electrons. The summed E-state index contributed by atoms with van der Waals surface area (Å²) in [5.41, 5.74) is 1.48. The molecule has 0 spiro atoms. The number of carbonyl (C=O) groups excluding carboxylic acids is 1. The third-order valence-corrected chi connectivity index (χ3v) is 3.72. The van der Waals surface area contributed by atoms with Crippen LogP contribution in [0.5, 0.6) is 0 Å². The predicted molar refractivity (Wildman–Crippen MR) is 77.1 cm³/mol. The fourth-order valence-electron chi connectivity index (χ4n) is 2.79. The maximum atomic E-state index is 12.6. The van der Waals surface area contributed by atoms with Gasteiger partial charge in [-0.3, -0.25) is 9.59 Å². The van der Waals surface area contributed by atoms with Crippen LogP contribution in [0.1, 0.15) is 41.5 Å². The van der Waals surface area contributed by atoms with Crippen molar-refractivity contribution in [3.8, 4) is 0 Å². The second-order valence-electron chi connectivity index (χ2n) is 5.27. The number of hydrogen-bond donors (Lipinski definition) is 1. The molecule has 1 amide bonds. The Hall–Kier alpha value is -1.62. The molecule has 1 aliphatic heterocycles. The van der Waals surface area contributed by atoms with Crippen molar-refractivity contribution in [3.63, 3.8) is 0 Å². The Bertz CT molecular complexity index is 551. The molecule has 5 heteroatoms. The number of nitrogens with zero attached hydrogens (tertiary/aromatic N) is 1. The Balaban J connectivity index is 2.25. The summed E-state index contributed by atoms with van der Waals surface area (Å²) in [5, 5.41) is 0. The minimum absolute atomic E-state index is 0.0857. The van der Waals surface area contributed by atoms with Gasteiger partial charge in [0.25, 0.3) is 5.91 Å². The largest absolute Gasteiger partial charge is 0.380 e. The van der Waals surface area contributed by atoms with Gasteiger partial charge in [-0.05, 0) is 33.6 Å². The van der Waals surface area contributed by atoms with Gasteiger partial charge in [0.15, 0.2) is 5.43 Å². The SMILES string of the molecule is CCOC[C@@H]1CCCN1C(=O)c1c(C)[nH]c(C)cc1=O. The summed E-state index contributed by atoms with van der Waals surface area (Å²) in [5.74, 6) is -0.175. The molecule has 0 aliphatic carbocycles. The number of carbonyl (C=O) groups is 1. The van der Waals surface area contributed by atoms with Crippen LogP contribution in [0.3, 0.4) is 0 Å². The summed E-state index contributed by atoms with van der Waals surface area (Å²) in [7, 11) is 0. The Morgan fingerprint density at radius 1 is 1.50 bits per heavy atom. The molecule has 20 heavy (non-hydrogen) atoms. The van der Waals surface area contributed by atoms with E-state index in [0.29, 0.717) is 25.5 Å². The lowest BCUT2D eigenvalue weighted by Crippen LogP contribution is -2.40. The minimum Gasteiger partial charge on any atom is -0.380 e. The topological polar surface area (TPSA) is 62.4 Å². The van der Waals surface area contributed by atoms with E-state index in [1.807, 2.05) is 13.8 Å². The Labute approximate surface area is 118 Å². The second-order valence-corrected chi connectivity index (χ2v) is 5.27. The first-order chi connectivity index (χ1) is 9.54. The van der Waals surface area contributed by atoms with Crippen molar-refractivity contribution in [2.75, 3.05) is 19.8 Å². The molecule has 1 N–H and O–H groups in total. The van der Waals surface area contributed by atoms with Crippen LogP contribution in [-0.4, -0.2) is 41.6 Å². The third kappa shape index (κ3) is 2.93. The summed E-state index contributed by atoms with van der Waals surface area (Å²) in [6, 6.07) is 1.57. The highest BCUT2D eigenvalue weighted by atomic mass is 16.5. The molecular weight excluding hydrogens is 256 g/mol. The van der Waals surface area contributed by atoms with Crippen molar-refractivity contribution in [1.82, 2.24) is 9.88 Å². The van der Waals surface area contributed by atoms with E-state index in [4.69, 9.17) is 4.74 Å². The molecule has 1 aromatic heterocycles. The van der Waals surface area contributed by atoms with Gasteiger partial charge in [0.1, 0.15) is 5.56 Å². The first-order valence-electron chi connectivity index (χ1n) is 7.13. The maximum Gasteiger partial charge on any atom is 0.259 e. The van der Waals surface area contributed by atoms with Crippen molar-refractivity contribution in [1.29, 1.82) is 0 Å². The zero-order valence-corrected chi connectivity index (χ0v) is 12.4. The number of ether oxygens (including phenoxy) is 1. The molecule has 0 bridgehead atoms. The summed E-state index contributed by atoms with van der Waals surface area (Å²) in [6.45, 7) is 7.42. The van der Waals surface area contributed by atoms with Gasteiger partial charge >= 0.3 is 0 Å². The van der Waals surface area contributed by atoms with Crippen LogP contribution in [0.15, 0.2) is 10.9 Å². The van der Waals surface area contributed by atoms with E-state index in [2.05, 4.69) is 4.98 Å². The smallest absolute Gasteiger partial charge is 0.259 e. The molecule has 1 saturated heterocycles. The fraction of sp³-hybridized carbons (Fsp3) is 0.600. The standard InChI is InChI=1S/C15H22N2O3/c1-4-20-9-12-6-5-7-17(12)15(19)14-11(3)16-10(2)8-13(14)18/h8,12H,4-7,9H2,1-3H3,(H,16,18)/t12-/m0/s1. The first-order valence-corrected chi connectivity index (χ1v) is 7.13. The number of pyridine rings is 1. The van der Waals surface area contributed by atoms with Crippen molar-refractivity contribution in [2.24, 2.45) is 0 Å². The van der Waals surface area contributed by atoms with Crippen molar-refractivity contribution < 1.29 is 9.53 Å². The molecule has 1 atom stereocenters. The van der Waals surface area contributed by atoms with Gasteiger partial charge in [0, 0.05) is 30.6 Å². The monoisotopic (exact) mass is 278 g/mol. The molecule has 0 saturated carbocycles. The highest BCUT2D eigenvalue weighted by Gasteiger charge is 2.31. The number of aromatic nitrogens is 1. The molecule has 1 aliphatic rings. The van der Waals surface area contributed by atoms with Crippen LogP contribution in [0.2, 0.25) is 0 Å². The first kappa shape index (κ1) is 14.8. The van der Waals surface area contributed by atoms with Crippen molar-refractivity contribution in [3.05, 3.63) is 33.2 Å². The fourth-order valence-corrected chi connectivity index (χ4v) is 2.79. The van der Waals surface area contributed by atoms with E-state index in [0.717, 1.165) is 18.5 Å². The number of aryl methyl sites for hydroxylation is 2. The molecule has 5 nitrogen and oxygen atoms in total. The third-order valence-electron chi connectivity index (χ3n) is 3.72. The molecule has 1 fully saturated rings. The van der Waals surface area contributed by atoms with Crippen LogP contribution >= 0.6 is 0 Å². The molecule has 0 unspecified atom stereocenters. The molecular formula is C15H22N2O3. The lowest BCUT2D eigenvalue weighted by atomic mass is 10.1. The van der Waals surface area contributed by atoms with Gasteiger partial charge < -0.3 is 14.6 Å². The second kappa shape index (κ2) is 6.22. The average Bonchev–Trinajstić information content (AvgIpc) is 2.83. The minimum atomic E-state index is -0.203. The van der Waals surface area contributed by atoms with E-state index in [1.165, 1.54) is 6.07 Å². The van der Waals surface area contributed by atoms with E-state index >= 15 is 0 Å². The molecule has 2 rings (SSSR count). The normalized spacial score (nSPS) is 18.6. The van der Waals surface area contributed by atoms with E-state index < -0.39 is 0 Å². The average molecular weight is 278 g/mol. The quantitative estimate of drug-likeness (QED) is 0.910. The molecule has 0 aromatic carbocycles. The number of likely N-dealkylation sites (tertiary alicyclic amines) is 1. The van der Waals surface area contributed by atoms with E-state index in [1.54, 1.807) is 11.8 Å². The van der Waals surface area contributed by atoms with E-state index in [-0.39, 0.29) is 22.9 Å². The van der Waals surface area contributed by atoms with Crippen LogP contribution in [0, 0.1) is 13.8 Å². The van der Waals surface area contributed by atoms with Crippen molar-refractivity contribution in [2.45, 2.75) is 39.7 Å². The molecule has 0 radical (unpaired) electrons. The highest BCUT2D eigenvalue weighted by molar-refractivity contribution is 5.95. The van der Waals surface area contributed by atoms with Gasteiger partial charge in [-0.15, -0.1) is 0 Å². The maximum absolute atomic E-state index is 12.6. The summed E-state index contributed by atoms with van der Waals surface area (Å²) in [4.78, 5) is 29.5. The lowest BCUT2D eigenvalue weighted by Gasteiger charge is -2.25. The van der Waals surface area contributed by atoms with Crippen LogP contribution in [0.25, 0.3) is 0 Å². The highest BCUT2D eigenvalue weighted by Crippen LogP contribution is 2.20. The summed E-state index contributed by atoms with van der Waals surface area (Å²) in [6.07, 6.45) is 1.90. The zero-order valence-electron chi connectivity index (χ0n) is 12.4. The Kier molecular flexibility index (Phi) is 4.60. The number of H-pyrrole nitrogens is 1. The van der Waals surface area contributed by atoms with Gasteiger partial charge in [0.2, 0.25) is 0 Å². The molecule has 1 aromatic rings. The Morgan fingerprint density at radius 3 is 2.90 bits per heavy atom. The van der Waals surface area contributed by atoms with Crippen LogP contribution in [-0.2, 0) is 4.74 Å². The van der Waals surface area contributed by atoms with Crippen LogP contribution in [0.4, 0.5) is 0 Å².